The molecule has 0 amide bonds. The van der Waals surface area contributed by atoms with Gasteiger partial charge in [-0.1, -0.05) is 0 Å². The number of esters is 1. The molecule has 0 fully saturated rings. The molecule has 138 valence electrons. The molecule has 2 atom stereocenters. The van der Waals surface area contributed by atoms with Crippen molar-refractivity contribution in [3.05, 3.63) is 23.8 Å². The van der Waals surface area contributed by atoms with Crippen molar-refractivity contribution in [2.45, 2.75) is 12.2 Å². The van der Waals surface area contributed by atoms with Crippen molar-refractivity contribution in [2.75, 3.05) is 41.7 Å². The maximum Gasteiger partial charge on any atom is 0.338 e. The number of hydrogen-bond acceptors (Lipinski definition) is 9. The lowest BCUT2D eigenvalue weighted by Gasteiger charge is -2.24. The molecule has 9 heteroatoms. The number of hydrogen-bond donors (Lipinski definition) is 0. The van der Waals surface area contributed by atoms with Gasteiger partial charge in [0.1, 0.15) is 13.6 Å². The van der Waals surface area contributed by atoms with Crippen LogP contribution in [0.2, 0.25) is 0 Å². The summed E-state index contributed by atoms with van der Waals surface area (Å²) in [4.78, 5) is 24.9. The lowest BCUT2D eigenvalue weighted by atomic mass is 10.0. The van der Waals surface area contributed by atoms with Gasteiger partial charge < -0.3 is 33.2 Å². The molecule has 1 aromatic rings. The van der Waals surface area contributed by atoms with Crippen LogP contribution in [0.1, 0.15) is 10.4 Å². The van der Waals surface area contributed by atoms with E-state index in [2.05, 4.69) is 0 Å². The van der Waals surface area contributed by atoms with Crippen molar-refractivity contribution in [2.24, 2.45) is 0 Å². The van der Waals surface area contributed by atoms with E-state index in [0.29, 0.717) is 11.5 Å². The molecule has 0 saturated heterocycles. The van der Waals surface area contributed by atoms with Crippen LogP contribution in [0, 0.1) is 0 Å². The molecule has 0 aromatic heterocycles. The molecular formula is C16H20O9. The summed E-state index contributed by atoms with van der Waals surface area (Å²) in [6.07, 6.45) is -2.61. The highest BCUT2D eigenvalue weighted by Gasteiger charge is 2.37. The lowest BCUT2D eigenvalue weighted by Crippen LogP contribution is -2.45. The van der Waals surface area contributed by atoms with E-state index < -0.39 is 24.0 Å². The monoisotopic (exact) mass is 356 g/mol. The third kappa shape index (κ3) is 4.67. The summed E-state index contributed by atoms with van der Waals surface area (Å²) in [5.74, 6) is -0.302. The first-order chi connectivity index (χ1) is 12.1. The Morgan fingerprint density at radius 3 is 2.28 bits per heavy atom. The van der Waals surface area contributed by atoms with Crippen LogP contribution in [0.15, 0.2) is 18.2 Å². The second-order valence-corrected chi connectivity index (χ2v) is 4.94. The molecule has 1 aliphatic heterocycles. The zero-order chi connectivity index (χ0) is 18.2. The summed E-state index contributed by atoms with van der Waals surface area (Å²) in [5, 5.41) is 0. The Morgan fingerprint density at radius 2 is 1.64 bits per heavy atom. The van der Waals surface area contributed by atoms with E-state index in [9.17, 15) is 9.59 Å². The third-order valence-corrected chi connectivity index (χ3v) is 3.35. The van der Waals surface area contributed by atoms with Gasteiger partial charge in [-0.3, -0.25) is 4.79 Å². The number of carbonyl (C=O) groups is 2. The first kappa shape index (κ1) is 19.1. The van der Waals surface area contributed by atoms with Gasteiger partial charge in [-0.25, -0.2) is 4.79 Å². The van der Waals surface area contributed by atoms with Gasteiger partial charge in [-0.15, -0.1) is 0 Å². The number of fused-ring (bicyclic) bond motifs is 1. The van der Waals surface area contributed by atoms with Crippen molar-refractivity contribution < 1.29 is 42.7 Å². The average Bonchev–Trinajstić information content (AvgIpc) is 3.11. The van der Waals surface area contributed by atoms with Crippen molar-refractivity contribution in [1.29, 1.82) is 0 Å². The first-order valence-corrected chi connectivity index (χ1v) is 7.35. The molecule has 25 heavy (non-hydrogen) atoms. The number of rotatable bonds is 10. The molecule has 0 radical (unpaired) electrons. The quantitative estimate of drug-likeness (QED) is 0.341. The Hall–Kier alpha value is -2.20. The molecule has 2 rings (SSSR count). The Balaban J connectivity index is 2.26. The van der Waals surface area contributed by atoms with Gasteiger partial charge in [-0.05, 0) is 18.2 Å². The van der Waals surface area contributed by atoms with Gasteiger partial charge in [0.15, 0.2) is 29.5 Å². The number of ketones is 1. The van der Waals surface area contributed by atoms with Gasteiger partial charge in [0.05, 0.1) is 7.11 Å². The van der Waals surface area contributed by atoms with Crippen LogP contribution < -0.4 is 9.47 Å². The van der Waals surface area contributed by atoms with Crippen LogP contribution in [0.3, 0.4) is 0 Å². The summed E-state index contributed by atoms with van der Waals surface area (Å²) in [5.41, 5.74) is 0.264. The fourth-order valence-corrected chi connectivity index (χ4v) is 2.19. The van der Waals surface area contributed by atoms with Crippen molar-refractivity contribution >= 4 is 11.8 Å². The molecule has 0 spiro atoms. The number of Topliss-reactive ketones (excluding diaryl/α,β-unsaturated/α-hetero) is 1. The van der Waals surface area contributed by atoms with E-state index in [-0.39, 0.29) is 25.9 Å². The van der Waals surface area contributed by atoms with Gasteiger partial charge in [0.2, 0.25) is 6.79 Å². The maximum atomic E-state index is 12.9. The topological polar surface area (TPSA) is 98.8 Å². The van der Waals surface area contributed by atoms with E-state index in [1.54, 1.807) is 12.1 Å². The summed E-state index contributed by atoms with van der Waals surface area (Å²) >= 11 is 0. The molecular weight excluding hydrogens is 336 g/mol. The molecule has 0 bridgehead atoms. The summed E-state index contributed by atoms with van der Waals surface area (Å²) in [7, 11) is 3.97. The molecule has 1 aliphatic rings. The smallest absolute Gasteiger partial charge is 0.338 e. The number of methoxy groups -OCH3 is 3. The molecule has 0 N–H and O–H groups in total. The molecule has 1 heterocycles. The van der Waals surface area contributed by atoms with Crippen molar-refractivity contribution in [1.82, 2.24) is 0 Å². The Bertz CT molecular complexity index is 601. The van der Waals surface area contributed by atoms with Crippen molar-refractivity contribution in [3.63, 3.8) is 0 Å². The predicted octanol–water partition coefficient (Wildman–Crippen LogP) is 0.749. The summed E-state index contributed by atoms with van der Waals surface area (Å²) in [6.45, 7) is -0.357. The summed E-state index contributed by atoms with van der Waals surface area (Å²) < 4.78 is 35.5. The molecule has 0 unspecified atom stereocenters. The number of benzene rings is 1. The largest absolute Gasteiger partial charge is 0.467 e. The number of carbonyl (C=O) groups excluding carboxylic acids is 2. The van der Waals surface area contributed by atoms with Crippen molar-refractivity contribution in [3.8, 4) is 11.5 Å². The van der Waals surface area contributed by atoms with Gasteiger partial charge in [0, 0.05) is 19.8 Å². The Kier molecular flexibility index (Phi) is 7.14. The highest BCUT2D eigenvalue weighted by atomic mass is 16.7. The second-order valence-electron chi connectivity index (χ2n) is 4.94. The SMILES string of the molecule is COCO[C@H](C(=O)OC)[C@H](OCOC)C(=O)c1ccc2c(c1)OCO2. The predicted molar refractivity (Wildman–Crippen MR) is 82.4 cm³/mol. The van der Waals surface area contributed by atoms with Gasteiger partial charge in [-0.2, -0.15) is 0 Å². The van der Waals surface area contributed by atoms with E-state index in [0.717, 1.165) is 0 Å². The standard InChI is InChI=1S/C16H20O9/c1-19-7-24-14(15(16(18)21-3)25-8-20-2)13(17)10-4-5-11-12(6-10)23-9-22-11/h4-6,14-15H,7-9H2,1-3H3/t14-,15+/m1/s1. The minimum absolute atomic E-state index is 0.0817. The molecule has 0 aliphatic carbocycles. The highest BCUT2D eigenvalue weighted by molar-refractivity contribution is 6.02. The fraction of sp³-hybridized carbons (Fsp3) is 0.500. The van der Waals surface area contributed by atoms with Crippen LogP contribution in [0.25, 0.3) is 0 Å². The molecule has 0 saturated carbocycles. The highest BCUT2D eigenvalue weighted by Crippen LogP contribution is 2.33. The second kappa shape index (κ2) is 9.33. The van der Waals surface area contributed by atoms with Gasteiger partial charge >= 0.3 is 5.97 Å². The number of ether oxygens (including phenoxy) is 7. The molecule has 1 aromatic carbocycles. The minimum Gasteiger partial charge on any atom is -0.467 e. The van der Waals surface area contributed by atoms with E-state index in [1.165, 1.54) is 27.4 Å². The zero-order valence-electron chi connectivity index (χ0n) is 14.2. The van der Waals surface area contributed by atoms with E-state index in [1.807, 2.05) is 0 Å². The molecule has 9 nitrogen and oxygen atoms in total. The average molecular weight is 356 g/mol. The fourth-order valence-electron chi connectivity index (χ4n) is 2.19. The van der Waals surface area contributed by atoms with Gasteiger partial charge in [0.25, 0.3) is 0 Å². The van der Waals surface area contributed by atoms with E-state index >= 15 is 0 Å². The zero-order valence-corrected chi connectivity index (χ0v) is 14.2. The minimum atomic E-state index is -1.32. The summed E-state index contributed by atoms with van der Waals surface area (Å²) in [6, 6.07) is 4.66. The van der Waals surface area contributed by atoms with Crippen LogP contribution in [0.5, 0.6) is 11.5 Å². The Morgan fingerprint density at radius 1 is 1.00 bits per heavy atom. The lowest BCUT2D eigenvalue weighted by molar-refractivity contribution is -0.181. The van der Waals surface area contributed by atoms with Crippen LogP contribution in [-0.4, -0.2) is 65.7 Å². The van der Waals surface area contributed by atoms with Crippen LogP contribution >= 0.6 is 0 Å². The van der Waals surface area contributed by atoms with Crippen LogP contribution in [0.4, 0.5) is 0 Å². The van der Waals surface area contributed by atoms with E-state index in [4.69, 9.17) is 33.2 Å². The third-order valence-electron chi connectivity index (χ3n) is 3.35. The maximum absolute atomic E-state index is 12.9. The Labute approximate surface area is 144 Å². The first-order valence-electron chi connectivity index (χ1n) is 7.35. The normalized spacial score (nSPS) is 14.8. The van der Waals surface area contributed by atoms with Crippen LogP contribution in [-0.2, 0) is 28.5 Å².